The lowest BCUT2D eigenvalue weighted by Crippen LogP contribution is -2.36. The molecule has 2 amide bonds. The Labute approximate surface area is 150 Å². The summed E-state index contributed by atoms with van der Waals surface area (Å²) in [4.78, 5) is 17.5. The van der Waals surface area contributed by atoms with Crippen LogP contribution >= 0.6 is 0 Å². The molecular weight excluding hydrogens is 308 g/mol. The lowest BCUT2D eigenvalue weighted by molar-refractivity contribution is 0.178. The number of amides is 2. The van der Waals surface area contributed by atoms with E-state index in [4.69, 9.17) is 0 Å². The second-order valence-electron chi connectivity index (χ2n) is 7.28. The third kappa shape index (κ3) is 3.41. The Hall–Kier alpha value is -2.29. The molecule has 0 unspecified atom stereocenters. The molecule has 0 radical (unpaired) electrons. The highest BCUT2D eigenvalue weighted by Crippen LogP contribution is 2.35. The summed E-state index contributed by atoms with van der Waals surface area (Å²) in [5.41, 5.74) is 2.45. The average molecular weight is 334 g/mol. The molecule has 3 heteroatoms. The van der Waals surface area contributed by atoms with Crippen LogP contribution in [0.3, 0.4) is 0 Å². The SMILES string of the molecule is O=C1N(Cc2ccccc2)[C@@H]2CCCCC[C@@H]2N1Cc1ccccc1. The number of hydrogen-bond acceptors (Lipinski definition) is 1. The monoisotopic (exact) mass is 334 g/mol. The van der Waals surface area contributed by atoms with Crippen molar-refractivity contribution in [1.82, 2.24) is 9.80 Å². The molecule has 1 saturated heterocycles. The largest absolute Gasteiger partial charge is 0.321 e. The van der Waals surface area contributed by atoms with E-state index in [1.807, 2.05) is 12.1 Å². The van der Waals surface area contributed by atoms with Gasteiger partial charge in [0.2, 0.25) is 0 Å². The van der Waals surface area contributed by atoms with Crippen molar-refractivity contribution >= 4 is 6.03 Å². The standard InChI is InChI=1S/C22H26N2O/c25-22-23(16-18-10-4-1-5-11-18)20-14-8-3-9-15-21(20)24(22)17-19-12-6-2-7-13-19/h1-2,4-7,10-13,20-21H,3,8-9,14-17H2/t20-,21+. The summed E-state index contributed by atoms with van der Waals surface area (Å²) in [5.74, 6) is 0. The maximum atomic E-state index is 13.2. The second-order valence-corrected chi connectivity index (χ2v) is 7.28. The Bertz CT molecular complexity index is 641. The van der Waals surface area contributed by atoms with Gasteiger partial charge >= 0.3 is 6.03 Å². The highest BCUT2D eigenvalue weighted by atomic mass is 16.2. The molecule has 0 aromatic heterocycles. The molecule has 0 bridgehead atoms. The van der Waals surface area contributed by atoms with Crippen LogP contribution in [0.2, 0.25) is 0 Å². The van der Waals surface area contributed by atoms with Crippen LogP contribution < -0.4 is 0 Å². The number of urea groups is 1. The van der Waals surface area contributed by atoms with Gasteiger partial charge in [0.1, 0.15) is 0 Å². The summed E-state index contributed by atoms with van der Waals surface area (Å²) in [6.07, 6.45) is 6.03. The maximum absolute atomic E-state index is 13.2. The molecule has 2 atom stereocenters. The van der Waals surface area contributed by atoms with Crippen LogP contribution in [-0.2, 0) is 13.1 Å². The zero-order valence-corrected chi connectivity index (χ0v) is 14.7. The van der Waals surface area contributed by atoms with Gasteiger partial charge < -0.3 is 9.80 Å². The number of benzene rings is 2. The number of fused-ring (bicyclic) bond motifs is 1. The molecular formula is C22H26N2O. The van der Waals surface area contributed by atoms with E-state index in [9.17, 15) is 4.79 Å². The van der Waals surface area contributed by atoms with E-state index < -0.39 is 0 Å². The fraction of sp³-hybridized carbons (Fsp3) is 0.409. The van der Waals surface area contributed by atoms with E-state index in [0.717, 1.165) is 25.9 Å². The fourth-order valence-corrected chi connectivity index (χ4v) is 4.37. The molecule has 2 aromatic carbocycles. The van der Waals surface area contributed by atoms with Crippen LogP contribution in [0, 0.1) is 0 Å². The fourth-order valence-electron chi connectivity index (χ4n) is 4.37. The number of nitrogens with zero attached hydrogens (tertiary/aromatic N) is 2. The zero-order valence-electron chi connectivity index (χ0n) is 14.7. The minimum Gasteiger partial charge on any atom is -0.315 e. The van der Waals surface area contributed by atoms with Gasteiger partial charge in [-0.15, -0.1) is 0 Å². The van der Waals surface area contributed by atoms with Crippen LogP contribution in [-0.4, -0.2) is 27.9 Å². The van der Waals surface area contributed by atoms with Crippen molar-refractivity contribution in [3.8, 4) is 0 Å². The summed E-state index contributed by atoms with van der Waals surface area (Å²) in [7, 11) is 0. The van der Waals surface area contributed by atoms with Crippen LogP contribution in [0.25, 0.3) is 0 Å². The summed E-state index contributed by atoms with van der Waals surface area (Å²) in [5, 5.41) is 0. The van der Waals surface area contributed by atoms with Crippen molar-refractivity contribution in [3.05, 3.63) is 71.8 Å². The molecule has 4 rings (SSSR count). The van der Waals surface area contributed by atoms with Gasteiger partial charge in [0.05, 0.1) is 12.1 Å². The van der Waals surface area contributed by atoms with Gasteiger partial charge in [0.15, 0.2) is 0 Å². The van der Waals surface area contributed by atoms with Gasteiger partial charge in [-0.05, 0) is 24.0 Å². The first kappa shape index (κ1) is 16.2. The molecule has 1 aliphatic heterocycles. The van der Waals surface area contributed by atoms with Gasteiger partial charge in [-0.2, -0.15) is 0 Å². The van der Waals surface area contributed by atoms with E-state index in [1.54, 1.807) is 0 Å². The minimum absolute atomic E-state index is 0.213. The van der Waals surface area contributed by atoms with E-state index in [2.05, 4.69) is 58.3 Å². The third-order valence-corrected chi connectivity index (χ3v) is 5.63. The molecule has 2 aliphatic rings. The van der Waals surface area contributed by atoms with Crippen LogP contribution in [0.5, 0.6) is 0 Å². The molecule has 0 N–H and O–H groups in total. The van der Waals surface area contributed by atoms with Gasteiger partial charge in [0.25, 0.3) is 0 Å². The lowest BCUT2D eigenvalue weighted by atomic mass is 10.0. The number of carbonyl (C=O) groups excluding carboxylic acids is 1. The molecule has 0 spiro atoms. The van der Waals surface area contributed by atoms with Crippen molar-refractivity contribution in [1.29, 1.82) is 0 Å². The quantitative estimate of drug-likeness (QED) is 0.786. The third-order valence-electron chi connectivity index (χ3n) is 5.63. The number of hydrogen-bond donors (Lipinski definition) is 0. The number of carbonyl (C=O) groups is 1. The van der Waals surface area contributed by atoms with Gasteiger partial charge in [-0.25, -0.2) is 4.79 Å². The summed E-state index contributed by atoms with van der Waals surface area (Å²) < 4.78 is 0. The molecule has 2 aromatic rings. The Morgan fingerprint density at radius 2 is 1.12 bits per heavy atom. The molecule has 3 nitrogen and oxygen atoms in total. The minimum atomic E-state index is 0.213. The van der Waals surface area contributed by atoms with Crippen LogP contribution in [0.4, 0.5) is 4.79 Å². The van der Waals surface area contributed by atoms with E-state index in [-0.39, 0.29) is 6.03 Å². The number of rotatable bonds is 4. The van der Waals surface area contributed by atoms with Gasteiger partial charge in [-0.1, -0.05) is 79.9 Å². The van der Waals surface area contributed by atoms with Crippen LogP contribution in [0.1, 0.15) is 43.2 Å². The van der Waals surface area contributed by atoms with E-state index >= 15 is 0 Å². The summed E-state index contributed by atoms with van der Waals surface area (Å²) >= 11 is 0. The Morgan fingerprint density at radius 3 is 1.56 bits per heavy atom. The normalized spacial score (nSPS) is 23.4. The first-order valence-electron chi connectivity index (χ1n) is 9.48. The van der Waals surface area contributed by atoms with E-state index in [0.29, 0.717) is 12.1 Å². The molecule has 130 valence electrons. The smallest absolute Gasteiger partial charge is 0.315 e. The Kier molecular flexibility index (Phi) is 4.73. The first-order chi connectivity index (χ1) is 12.3. The van der Waals surface area contributed by atoms with Crippen molar-refractivity contribution in [2.45, 2.75) is 57.3 Å². The second kappa shape index (κ2) is 7.30. The van der Waals surface area contributed by atoms with E-state index in [1.165, 1.54) is 30.4 Å². The van der Waals surface area contributed by atoms with Gasteiger partial charge in [0, 0.05) is 13.1 Å². The molecule has 2 fully saturated rings. The maximum Gasteiger partial charge on any atom is 0.321 e. The predicted molar refractivity (Wildman–Crippen MR) is 100 cm³/mol. The highest BCUT2D eigenvalue weighted by molar-refractivity contribution is 5.78. The predicted octanol–water partition coefficient (Wildman–Crippen LogP) is 4.83. The van der Waals surface area contributed by atoms with Crippen molar-refractivity contribution < 1.29 is 4.79 Å². The zero-order chi connectivity index (χ0) is 17.1. The van der Waals surface area contributed by atoms with Crippen molar-refractivity contribution in [2.75, 3.05) is 0 Å². The topological polar surface area (TPSA) is 23.6 Å². The molecule has 1 saturated carbocycles. The average Bonchev–Trinajstić information content (AvgIpc) is 2.83. The Balaban J connectivity index is 1.59. The van der Waals surface area contributed by atoms with Crippen molar-refractivity contribution in [3.63, 3.8) is 0 Å². The molecule has 25 heavy (non-hydrogen) atoms. The lowest BCUT2D eigenvalue weighted by Gasteiger charge is -2.26. The first-order valence-corrected chi connectivity index (χ1v) is 9.48. The highest BCUT2D eigenvalue weighted by Gasteiger charge is 2.45. The van der Waals surface area contributed by atoms with Crippen LogP contribution in [0.15, 0.2) is 60.7 Å². The molecule has 1 heterocycles. The summed E-state index contributed by atoms with van der Waals surface area (Å²) in [6.45, 7) is 1.46. The summed E-state index contributed by atoms with van der Waals surface area (Å²) in [6, 6.07) is 21.7. The Morgan fingerprint density at radius 1 is 0.680 bits per heavy atom. The molecule has 1 aliphatic carbocycles. The van der Waals surface area contributed by atoms with Crippen molar-refractivity contribution in [2.24, 2.45) is 0 Å². The van der Waals surface area contributed by atoms with Gasteiger partial charge in [-0.3, -0.25) is 0 Å².